The standard InChI is InChI=1S/C24H20N6O4/c1-14(31)27-20-9-15(7-8-25-20)22-23(28-16-5-3-2-4-6-16)21-17(29-22)10-30(11-19(21)32)24(33)18-12-34-13-26-18/h2-3,5,9,12-13,28-29H,7-8,10-11H2,1H3,(H,25,27,31). The number of amidine groups is 1. The number of nitrogens with one attached hydrogen (secondary N) is 3. The van der Waals surface area contributed by atoms with Crippen LogP contribution in [-0.4, -0.2) is 51.4 Å². The monoisotopic (exact) mass is 456 g/mol. The third-order valence-electron chi connectivity index (χ3n) is 5.49. The molecule has 0 radical (unpaired) electrons. The van der Waals surface area contributed by atoms with Gasteiger partial charge in [-0.15, -0.1) is 0 Å². The molecule has 4 heterocycles. The third kappa shape index (κ3) is 4.06. The van der Waals surface area contributed by atoms with Gasteiger partial charge in [0.25, 0.3) is 5.91 Å². The van der Waals surface area contributed by atoms with Crippen molar-refractivity contribution in [2.45, 2.75) is 19.9 Å². The smallest absolute Gasteiger partial charge is 0.276 e. The van der Waals surface area contributed by atoms with Gasteiger partial charge in [0, 0.05) is 19.2 Å². The van der Waals surface area contributed by atoms with Crippen LogP contribution >= 0.6 is 0 Å². The summed E-state index contributed by atoms with van der Waals surface area (Å²) in [5.41, 5.74) is 9.94. The van der Waals surface area contributed by atoms with Crippen LogP contribution in [0.1, 0.15) is 45.6 Å². The van der Waals surface area contributed by atoms with Gasteiger partial charge in [-0.2, -0.15) is 0 Å². The fourth-order valence-corrected chi connectivity index (χ4v) is 4.06. The van der Waals surface area contributed by atoms with Crippen LogP contribution in [0.3, 0.4) is 0 Å². The second-order valence-electron chi connectivity index (χ2n) is 7.89. The van der Waals surface area contributed by atoms with E-state index in [0.717, 1.165) is 5.57 Å². The van der Waals surface area contributed by atoms with Gasteiger partial charge in [0.1, 0.15) is 12.1 Å². The lowest BCUT2D eigenvalue weighted by molar-refractivity contribution is -0.117. The number of ketones is 1. The zero-order chi connectivity index (χ0) is 23.7. The number of rotatable bonds is 4. The predicted molar refractivity (Wildman–Crippen MR) is 123 cm³/mol. The topological polar surface area (TPSA) is 133 Å². The molecule has 10 nitrogen and oxygen atoms in total. The second kappa shape index (κ2) is 8.71. The van der Waals surface area contributed by atoms with Gasteiger partial charge in [-0.25, -0.2) is 4.98 Å². The summed E-state index contributed by atoms with van der Waals surface area (Å²) in [6.45, 7) is 2.02. The first kappa shape index (κ1) is 21.2. The minimum atomic E-state index is -0.388. The molecule has 5 rings (SSSR count). The largest absolute Gasteiger partial charge is 0.451 e. The van der Waals surface area contributed by atoms with E-state index in [9.17, 15) is 14.4 Å². The van der Waals surface area contributed by atoms with Crippen molar-refractivity contribution in [1.29, 1.82) is 0 Å². The van der Waals surface area contributed by atoms with Gasteiger partial charge < -0.3 is 24.9 Å². The fourth-order valence-electron chi connectivity index (χ4n) is 4.06. The molecule has 1 aliphatic carbocycles. The van der Waals surface area contributed by atoms with E-state index < -0.39 is 0 Å². The van der Waals surface area contributed by atoms with Crippen molar-refractivity contribution in [2.75, 3.05) is 18.4 Å². The van der Waals surface area contributed by atoms with Gasteiger partial charge in [-0.3, -0.25) is 19.4 Å². The number of H-pyrrole nitrogens is 1. The first-order chi connectivity index (χ1) is 16.5. The summed E-state index contributed by atoms with van der Waals surface area (Å²) in [6, 6.07) is 0. The normalized spacial score (nSPS) is 16.6. The zero-order valence-corrected chi connectivity index (χ0v) is 18.3. The van der Waals surface area contributed by atoms with E-state index in [1.165, 1.54) is 24.5 Å². The molecule has 0 saturated heterocycles. The van der Waals surface area contributed by atoms with E-state index in [1.54, 1.807) is 12.2 Å². The summed E-state index contributed by atoms with van der Waals surface area (Å²) < 4.78 is 4.91. The maximum absolute atomic E-state index is 13.3. The van der Waals surface area contributed by atoms with E-state index in [-0.39, 0.29) is 36.4 Å². The van der Waals surface area contributed by atoms with Gasteiger partial charge >= 0.3 is 0 Å². The number of carbonyl (C=O) groups is 3. The van der Waals surface area contributed by atoms with Crippen molar-refractivity contribution in [3.05, 3.63) is 76.8 Å². The Balaban J connectivity index is 1.56. The van der Waals surface area contributed by atoms with Crippen molar-refractivity contribution in [3.63, 3.8) is 0 Å². The van der Waals surface area contributed by atoms with Crippen LogP contribution in [0.4, 0.5) is 5.69 Å². The molecule has 0 saturated carbocycles. The van der Waals surface area contributed by atoms with Crippen molar-refractivity contribution < 1.29 is 18.8 Å². The number of amides is 2. The van der Waals surface area contributed by atoms with Crippen LogP contribution in [0.2, 0.25) is 0 Å². The number of oxazole rings is 1. The number of dihydropyridines is 1. The minimum Gasteiger partial charge on any atom is -0.451 e. The van der Waals surface area contributed by atoms with Crippen molar-refractivity contribution >= 4 is 34.7 Å². The highest BCUT2D eigenvalue weighted by molar-refractivity contribution is 6.12. The Kier molecular flexibility index (Phi) is 5.43. The highest BCUT2D eigenvalue weighted by atomic mass is 16.3. The number of aromatic amines is 1. The number of hydrogen-bond acceptors (Lipinski definition) is 7. The molecular weight excluding hydrogens is 436 g/mol. The number of aliphatic imine (C=N–C) groups is 1. The highest BCUT2D eigenvalue weighted by Gasteiger charge is 2.34. The number of fused-ring (bicyclic) bond motifs is 1. The van der Waals surface area contributed by atoms with Gasteiger partial charge in [0.15, 0.2) is 17.9 Å². The second-order valence-corrected chi connectivity index (χ2v) is 7.89. The lowest BCUT2D eigenvalue weighted by atomic mass is 10.00. The van der Waals surface area contributed by atoms with Gasteiger partial charge in [0.2, 0.25) is 5.91 Å². The molecular formula is C24H20N6O4. The molecule has 170 valence electrons. The summed E-state index contributed by atoms with van der Waals surface area (Å²) in [5, 5.41) is 6.01. The van der Waals surface area contributed by atoms with E-state index in [1.807, 2.05) is 12.2 Å². The molecule has 10 heteroatoms. The lowest BCUT2D eigenvalue weighted by Crippen LogP contribution is -2.39. The average Bonchev–Trinajstić information content (AvgIpc) is 3.48. The zero-order valence-electron chi connectivity index (χ0n) is 18.3. The first-order valence-corrected chi connectivity index (χ1v) is 10.6. The summed E-state index contributed by atoms with van der Waals surface area (Å²) in [7, 11) is 0. The van der Waals surface area contributed by atoms with Crippen LogP contribution < -0.4 is 10.6 Å². The van der Waals surface area contributed by atoms with Gasteiger partial charge in [0.05, 0.1) is 35.7 Å². The van der Waals surface area contributed by atoms with Crippen molar-refractivity contribution in [2.24, 2.45) is 4.99 Å². The van der Waals surface area contributed by atoms with Crippen LogP contribution in [0, 0.1) is 0 Å². The average molecular weight is 456 g/mol. The Morgan fingerprint density at radius 1 is 1.29 bits per heavy atom. The number of allylic oxidation sites excluding steroid dienone is 3. The molecule has 0 aromatic carbocycles. The maximum atomic E-state index is 13.3. The number of Topliss-reactive ketones (excluding diaryl/α,β-unsaturated/α-hetero) is 1. The summed E-state index contributed by atoms with van der Waals surface area (Å²) in [5.74, 6) is -0.357. The molecule has 3 N–H and O–H groups in total. The minimum absolute atomic E-state index is 0.0903. The fraction of sp³-hybridized carbons (Fsp3) is 0.208. The van der Waals surface area contributed by atoms with Crippen LogP contribution in [-0.2, 0) is 11.3 Å². The molecule has 34 heavy (non-hydrogen) atoms. The molecule has 2 aromatic rings. The lowest BCUT2D eigenvalue weighted by Gasteiger charge is -2.25. The third-order valence-corrected chi connectivity index (χ3v) is 5.49. The number of nitrogens with zero attached hydrogens (tertiary/aromatic N) is 3. The Morgan fingerprint density at radius 3 is 2.91 bits per heavy atom. The summed E-state index contributed by atoms with van der Waals surface area (Å²) in [4.78, 5) is 50.6. The molecule has 2 aromatic heterocycles. The first-order valence-electron chi connectivity index (χ1n) is 10.6. The van der Waals surface area contributed by atoms with Crippen LogP contribution in [0.15, 0.2) is 63.5 Å². The molecule has 0 spiro atoms. The molecule has 3 aliphatic rings. The van der Waals surface area contributed by atoms with Crippen LogP contribution in [0.5, 0.6) is 0 Å². The number of aromatic nitrogens is 2. The Hall–Kier alpha value is -4.65. The molecule has 0 atom stereocenters. The number of carbonyl (C=O) groups excluding carboxylic acids is 3. The molecule has 2 amide bonds. The van der Waals surface area contributed by atoms with E-state index >= 15 is 0 Å². The van der Waals surface area contributed by atoms with Gasteiger partial charge in [-0.1, -0.05) is 11.8 Å². The van der Waals surface area contributed by atoms with E-state index in [2.05, 4.69) is 37.1 Å². The Labute approximate surface area is 194 Å². The van der Waals surface area contributed by atoms with E-state index in [0.29, 0.717) is 47.1 Å². The maximum Gasteiger partial charge on any atom is 0.276 e. The Bertz CT molecular complexity index is 1390. The molecule has 0 fully saturated rings. The number of hydrogen-bond donors (Lipinski definition) is 3. The molecule has 0 unspecified atom stereocenters. The molecule has 2 aliphatic heterocycles. The Morgan fingerprint density at radius 2 is 2.18 bits per heavy atom. The highest BCUT2D eigenvalue weighted by Crippen LogP contribution is 2.36. The van der Waals surface area contributed by atoms with Crippen molar-refractivity contribution in [1.82, 2.24) is 20.2 Å². The molecule has 0 bridgehead atoms. The van der Waals surface area contributed by atoms with E-state index in [4.69, 9.17) is 4.42 Å². The van der Waals surface area contributed by atoms with Crippen LogP contribution in [0.25, 0.3) is 5.57 Å². The summed E-state index contributed by atoms with van der Waals surface area (Å²) in [6.07, 6.45) is 10.2. The summed E-state index contributed by atoms with van der Waals surface area (Å²) >= 11 is 0. The SMILES string of the molecule is CC(=O)NC1=NCCC(c2[nH]c3c(c2NC2=C=C=CC=C2)C(=O)CN(C(=O)c2cocn2)C3)=C1. The van der Waals surface area contributed by atoms with Crippen molar-refractivity contribution in [3.8, 4) is 0 Å². The number of anilines is 1. The van der Waals surface area contributed by atoms with Gasteiger partial charge in [-0.05, 0) is 36.0 Å². The predicted octanol–water partition coefficient (Wildman–Crippen LogP) is 2.34. The quantitative estimate of drug-likeness (QED) is 0.605.